The van der Waals surface area contributed by atoms with Crippen molar-refractivity contribution in [3.63, 3.8) is 0 Å². The Kier molecular flexibility index (Phi) is 3.64. The zero-order chi connectivity index (χ0) is 5.70. The van der Waals surface area contributed by atoms with Gasteiger partial charge in [-0.15, -0.1) is 0 Å². The van der Waals surface area contributed by atoms with Gasteiger partial charge < -0.3 is 5.11 Å². The summed E-state index contributed by atoms with van der Waals surface area (Å²) in [6, 6.07) is 0. The van der Waals surface area contributed by atoms with Gasteiger partial charge in [0.05, 0.1) is 6.61 Å². The Labute approximate surface area is 43.2 Å². The van der Waals surface area contributed by atoms with Crippen molar-refractivity contribution < 1.29 is 13.5 Å². The van der Waals surface area contributed by atoms with Crippen molar-refractivity contribution in [1.82, 2.24) is 0 Å². The Hall–Kier alpha value is -0.350. The van der Waals surface area contributed by atoms with E-state index in [4.69, 9.17) is 5.11 Å². The Balaban J connectivity index is 3.48. The topological polar surface area (TPSA) is 54.4 Å². The highest BCUT2D eigenvalue weighted by Crippen LogP contribution is 1.67. The molecule has 0 saturated carbocycles. The highest BCUT2D eigenvalue weighted by atomic mass is 32.2. The van der Waals surface area contributed by atoms with E-state index in [0.29, 0.717) is 0 Å². The summed E-state index contributed by atoms with van der Waals surface area (Å²) in [6.07, 6.45) is 1.16. The second-order valence-electron chi connectivity index (χ2n) is 0.853. The second kappa shape index (κ2) is 3.83. The molecular weight excluding hydrogens is 116 g/mol. The molecule has 0 fully saturated rings. The fourth-order valence-electron chi connectivity index (χ4n) is 0.133. The molecule has 0 aromatic heterocycles. The van der Waals surface area contributed by atoms with Crippen molar-refractivity contribution >= 4 is 10.7 Å². The zero-order valence-electron chi connectivity index (χ0n) is 3.57. The summed E-state index contributed by atoms with van der Waals surface area (Å²) in [6.45, 7) is -0.219. The van der Waals surface area contributed by atoms with E-state index < -0.39 is 10.7 Å². The molecule has 0 heterocycles. The molecule has 0 unspecified atom stereocenters. The second-order valence-corrected chi connectivity index (χ2v) is 1.72. The lowest BCUT2D eigenvalue weighted by Crippen LogP contribution is -1.70. The van der Waals surface area contributed by atoms with E-state index in [0.717, 1.165) is 11.5 Å². The lowest BCUT2D eigenvalue weighted by molar-refractivity contribution is 0.343. The summed E-state index contributed by atoms with van der Waals surface area (Å²) in [7, 11) is -2.45. The summed E-state index contributed by atoms with van der Waals surface area (Å²) >= 11 is 0. The van der Waals surface area contributed by atoms with Crippen LogP contribution in [0.2, 0.25) is 0 Å². The maximum Gasteiger partial charge on any atom is 0.161 e. The maximum absolute atomic E-state index is 9.60. The largest absolute Gasteiger partial charge is 0.392 e. The Bertz CT molecular complexity index is 116. The van der Waals surface area contributed by atoms with E-state index in [1.807, 2.05) is 0 Å². The van der Waals surface area contributed by atoms with Crippen LogP contribution >= 0.6 is 0 Å². The fraction of sp³-hybridized carbons (Fsp3) is 0.333. The molecule has 0 rings (SSSR count). The molecule has 3 nitrogen and oxygen atoms in total. The lowest BCUT2D eigenvalue weighted by Gasteiger charge is -1.68. The third-order valence-corrected chi connectivity index (χ3v) is 0.787. The van der Waals surface area contributed by atoms with Crippen LogP contribution in [-0.2, 0) is 10.7 Å². The third kappa shape index (κ3) is 5.65. The predicted molar refractivity (Wildman–Crippen MR) is 26.5 cm³/mol. The molecule has 0 spiro atoms. The standard InChI is InChI=1S/C3H6O3S/c4-2-1-3-7(5)6/h1,3-4,7H,2H2. The summed E-state index contributed by atoms with van der Waals surface area (Å²) < 4.78 is 19.2. The summed E-state index contributed by atoms with van der Waals surface area (Å²) in [5, 5.41) is 8.89. The van der Waals surface area contributed by atoms with Crippen LogP contribution in [0.3, 0.4) is 0 Å². The van der Waals surface area contributed by atoms with E-state index >= 15 is 0 Å². The minimum absolute atomic E-state index is 0.219. The minimum Gasteiger partial charge on any atom is -0.392 e. The molecule has 0 radical (unpaired) electrons. The number of thiol groups is 1. The number of aliphatic hydroxyl groups is 1. The van der Waals surface area contributed by atoms with E-state index in [9.17, 15) is 8.42 Å². The van der Waals surface area contributed by atoms with Crippen molar-refractivity contribution in [3.05, 3.63) is 11.5 Å². The van der Waals surface area contributed by atoms with Crippen molar-refractivity contribution in [2.75, 3.05) is 6.61 Å². The molecule has 0 amide bonds. The van der Waals surface area contributed by atoms with Gasteiger partial charge in [-0.3, -0.25) is 0 Å². The summed E-state index contributed by atoms with van der Waals surface area (Å²) in [5.41, 5.74) is 0. The fourth-order valence-corrected chi connectivity index (χ4v) is 0.400. The van der Waals surface area contributed by atoms with Gasteiger partial charge in [0, 0.05) is 5.41 Å². The van der Waals surface area contributed by atoms with E-state index in [1.165, 1.54) is 0 Å². The van der Waals surface area contributed by atoms with Gasteiger partial charge in [-0.1, -0.05) is 0 Å². The van der Waals surface area contributed by atoms with Gasteiger partial charge in [0.2, 0.25) is 0 Å². The first kappa shape index (κ1) is 6.65. The van der Waals surface area contributed by atoms with Crippen molar-refractivity contribution in [1.29, 1.82) is 0 Å². The van der Waals surface area contributed by atoms with E-state index in [-0.39, 0.29) is 6.61 Å². The lowest BCUT2D eigenvalue weighted by atomic mass is 10.7. The summed E-state index contributed by atoms with van der Waals surface area (Å²) in [4.78, 5) is 0. The van der Waals surface area contributed by atoms with E-state index in [1.54, 1.807) is 0 Å². The molecule has 0 saturated heterocycles. The van der Waals surface area contributed by atoms with Gasteiger partial charge in [-0.2, -0.15) is 0 Å². The molecule has 0 aliphatic carbocycles. The van der Waals surface area contributed by atoms with Crippen molar-refractivity contribution in [2.24, 2.45) is 0 Å². The normalized spacial score (nSPS) is 11.1. The zero-order valence-corrected chi connectivity index (χ0v) is 4.47. The van der Waals surface area contributed by atoms with Crippen molar-refractivity contribution in [2.45, 2.75) is 0 Å². The average molecular weight is 122 g/mol. The highest BCUT2D eigenvalue weighted by Gasteiger charge is 1.67. The van der Waals surface area contributed by atoms with Gasteiger partial charge in [0.25, 0.3) is 0 Å². The number of hydrogen-bond acceptors (Lipinski definition) is 3. The number of aliphatic hydroxyl groups excluding tert-OH is 1. The highest BCUT2D eigenvalue weighted by molar-refractivity contribution is 7.75. The van der Waals surface area contributed by atoms with Crippen LogP contribution in [0.25, 0.3) is 0 Å². The Morgan fingerprint density at radius 1 is 1.57 bits per heavy atom. The first-order valence-corrected chi connectivity index (χ1v) is 2.93. The molecule has 1 N–H and O–H groups in total. The monoisotopic (exact) mass is 122 g/mol. The van der Waals surface area contributed by atoms with Crippen LogP contribution in [0.15, 0.2) is 11.5 Å². The first-order valence-electron chi connectivity index (χ1n) is 1.68. The molecule has 0 aliphatic heterocycles. The van der Waals surface area contributed by atoms with Crippen LogP contribution in [0.4, 0.5) is 0 Å². The molecular formula is C3H6O3S. The minimum atomic E-state index is -2.45. The Morgan fingerprint density at radius 3 is 2.29 bits per heavy atom. The number of rotatable bonds is 2. The van der Waals surface area contributed by atoms with E-state index in [2.05, 4.69) is 0 Å². The average Bonchev–Trinajstić information content (AvgIpc) is 1.61. The van der Waals surface area contributed by atoms with Gasteiger partial charge in [-0.25, -0.2) is 8.42 Å². The SMILES string of the molecule is O=[SH](=O)C=CCO. The molecule has 0 atom stereocenters. The quantitative estimate of drug-likeness (QED) is 0.467. The van der Waals surface area contributed by atoms with Gasteiger partial charge >= 0.3 is 0 Å². The van der Waals surface area contributed by atoms with Crippen molar-refractivity contribution in [3.8, 4) is 0 Å². The third-order valence-electron chi connectivity index (χ3n) is 0.333. The smallest absolute Gasteiger partial charge is 0.161 e. The molecule has 0 aromatic rings. The molecule has 0 aliphatic rings. The van der Waals surface area contributed by atoms with Gasteiger partial charge in [-0.05, 0) is 6.08 Å². The predicted octanol–water partition coefficient (Wildman–Crippen LogP) is -0.896. The maximum atomic E-state index is 9.60. The molecule has 42 valence electrons. The Morgan fingerprint density at radius 2 is 2.14 bits per heavy atom. The van der Waals surface area contributed by atoms with Gasteiger partial charge in [0.1, 0.15) is 0 Å². The summed E-state index contributed by atoms with van der Waals surface area (Å²) in [5.74, 6) is 0. The van der Waals surface area contributed by atoms with Crippen LogP contribution < -0.4 is 0 Å². The van der Waals surface area contributed by atoms with Crippen LogP contribution in [0.1, 0.15) is 0 Å². The first-order chi connectivity index (χ1) is 3.27. The molecule has 7 heavy (non-hydrogen) atoms. The number of hydrogen-bond donors (Lipinski definition) is 2. The van der Waals surface area contributed by atoms with Crippen LogP contribution in [0, 0.1) is 0 Å². The molecule has 0 bridgehead atoms. The van der Waals surface area contributed by atoms with Crippen LogP contribution in [0.5, 0.6) is 0 Å². The molecule has 0 aromatic carbocycles. The molecule has 4 heteroatoms. The van der Waals surface area contributed by atoms with Gasteiger partial charge in [0.15, 0.2) is 10.7 Å². The van der Waals surface area contributed by atoms with Crippen LogP contribution in [-0.4, -0.2) is 20.1 Å².